The number of nitrogens with zero attached hydrogens (tertiary/aromatic N) is 1. The molecule has 1 aliphatic heterocycles. The van der Waals surface area contributed by atoms with Crippen molar-refractivity contribution < 1.29 is 4.79 Å². The van der Waals surface area contributed by atoms with Crippen molar-refractivity contribution in [3.05, 3.63) is 0 Å². The fraction of sp³-hybridized carbons (Fsp3) is 0.909. The van der Waals surface area contributed by atoms with Crippen molar-refractivity contribution in [3.8, 4) is 0 Å². The monoisotopic (exact) mass is 283 g/mol. The lowest BCUT2D eigenvalue weighted by atomic mass is 10.2. The maximum atomic E-state index is 11.6. The van der Waals surface area contributed by atoms with Crippen molar-refractivity contribution in [1.82, 2.24) is 10.2 Å². The molecule has 0 spiro atoms. The Balaban J connectivity index is 0.00000128. The summed E-state index contributed by atoms with van der Waals surface area (Å²) in [6.45, 7) is 5.19. The molecule has 0 aromatic carbocycles. The molecule has 0 aromatic heterocycles. The lowest BCUT2D eigenvalue weighted by Crippen LogP contribution is -2.47. The van der Waals surface area contributed by atoms with Crippen LogP contribution in [0.5, 0.6) is 0 Å². The van der Waals surface area contributed by atoms with Crippen LogP contribution in [-0.2, 0) is 4.79 Å². The molecule has 1 atom stereocenters. The molecule has 1 amide bonds. The van der Waals surface area contributed by atoms with Crippen LogP contribution in [0.1, 0.15) is 32.6 Å². The summed E-state index contributed by atoms with van der Waals surface area (Å²) in [7, 11) is 0. The molecule has 0 aromatic rings. The molecule has 1 aliphatic carbocycles. The molecule has 1 saturated heterocycles. The zero-order valence-electron chi connectivity index (χ0n) is 10.3. The molecule has 17 heavy (non-hydrogen) atoms. The van der Waals surface area contributed by atoms with Crippen molar-refractivity contribution in [2.45, 2.75) is 44.2 Å². The molecule has 2 aliphatic rings. The maximum Gasteiger partial charge on any atom is 0.240 e. The third-order valence-corrected chi connectivity index (χ3v) is 3.64. The first kappa shape index (κ1) is 17.0. The Kier molecular flexibility index (Phi) is 6.77. The van der Waals surface area contributed by atoms with Gasteiger partial charge in [0.25, 0.3) is 0 Å². The predicted octanol–water partition coefficient (Wildman–Crippen LogP) is 0.922. The minimum atomic E-state index is -0.518. The van der Waals surface area contributed by atoms with E-state index in [2.05, 4.69) is 17.1 Å². The summed E-state index contributed by atoms with van der Waals surface area (Å²) in [5.74, 6) is 0.0467. The van der Waals surface area contributed by atoms with Gasteiger partial charge in [0, 0.05) is 12.6 Å². The standard InChI is InChI=1S/C11H21N3O.2ClH/c1-2-14-7-3-4-9(14)8-13-10(15)11(12)5-6-11;;/h9H,2-8,12H2,1H3,(H,13,15);2*1H. The van der Waals surface area contributed by atoms with Gasteiger partial charge in [0.05, 0.1) is 5.54 Å². The van der Waals surface area contributed by atoms with Crippen LogP contribution < -0.4 is 11.1 Å². The molecular weight excluding hydrogens is 261 g/mol. The summed E-state index contributed by atoms with van der Waals surface area (Å²) >= 11 is 0. The van der Waals surface area contributed by atoms with Crippen LogP contribution in [0.3, 0.4) is 0 Å². The second-order valence-electron chi connectivity index (χ2n) is 4.79. The van der Waals surface area contributed by atoms with Gasteiger partial charge in [-0.3, -0.25) is 9.69 Å². The van der Waals surface area contributed by atoms with Crippen LogP contribution in [0, 0.1) is 0 Å². The van der Waals surface area contributed by atoms with Gasteiger partial charge in [-0.2, -0.15) is 0 Å². The SMILES string of the molecule is CCN1CCCC1CNC(=O)C1(N)CC1.Cl.Cl. The van der Waals surface area contributed by atoms with E-state index in [0.29, 0.717) is 6.04 Å². The van der Waals surface area contributed by atoms with E-state index in [4.69, 9.17) is 5.73 Å². The number of nitrogens with one attached hydrogen (secondary N) is 1. The Labute approximate surface area is 115 Å². The lowest BCUT2D eigenvalue weighted by molar-refractivity contribution is -0.123. The number of amides is 1. The maximum absolute atomic E-state index is 11.6. The molecule has 4 nitrogen and oxygen atoms in total. The van der Waals surface area contributed by atoms with Crippen LogP contribution in [0.15, 0.2) is 0 Å². The molecule has 2 fully saturated rings. The second kappa shape index (κ2) is 6.78. The van der Waals surface area contributed by atoms with Crippen LogP contribution in [0.4, 0.5) is 0 Å². The smallest absolute Gasteiger partial charge is 0.240 e. The van der Waals surface area contributed by atoms with Gasteiger partial charge < -0.3 is 11.1 Å². The number of carbonyl (C=O) groups excluding carboxylic acids is 1. The first-order chi connectivity index (χ1) is 7.15. The number of rotatable bonds is 4. The highest BCUT2D eigenvalue weighted by atomic mass is 35.5. The molecule has 102 valence electrons. The van der Waals surface area contributed by atoms with Gasteiger partial charge in [0.2, 0.25) is 5.91 Å². The van der Waals surface area contributed by atoms with Crippen molar-refractivity contribution >= 4 is 30.7 Å². The average molecular weight is 284 g/mol. The van der Waals surface area contributed by atoms with E-state index in [1.54, 1.807) is 0 Å². The number of likely N-dealkylation sites (tertiary alicyclic amines) is 1. The van der Waals surface area contributed by atoms with E-state index in [1.807, 2.05) is 0 Å². The molecule has 1 heterocycles. The van der Waals surface area contributed by atoms with Gasteiger partial charge in [-0.25, -0.2) is 0 Å². The van der Waals surface area contributed by atoms with E-state index in [9.17, 15) is 4.79 Å². The largest absolute Gasteiger partial charge is 0.353 e. The first-order valence-electron chi connectivity index (χ1n) is 5.97. The van der Waals surface area contributed by atoms with E-state index in [0.717, 1.165) is 25.9 Å². The van der Waals surface area contributed by atoms with Crippen molar-refractivity contribution in [3.63, 3.8) is 0 Å². The summed E-state index contributed by atoms with van der Waals surface area (Å²) in [6, 6.07) is 0.529. The highest BCUT2D eigenvalue weighted by Crippen LogP contribution is 2.32. The molecule has 6 heteroatoms. The van der Waals surface area contributed by atoms with E-state index < -0.39 is 5.54 Å². The lowest BCUT2D eigenvalue weighted by Gasteiger charge is -2.23. The molecule has 2 rings (SSSR count). The van der Waals surface area contributed by atoms with Gasteiger partial charge in [-0.05, 0) is 38.8 Å². The summed E-state index contributed by atoms with van der Waals surface area (Å²) < 4.78 is 0. The Morgan fingerprint density at radius 2 is 2.12 bits per heavy atom. The zero-order chi connectivity index (χ0) is 10.9. The normalized spacial score (nSPS) is 25.6. The van der Waals surface area contributed by atoms with E-state index >= 15 is 0 Å². The van der Waals surface area contributed by atoms with Crippen molar-refractivity contribution in [2.75, 3.05) is 19.6 Å². The third kappa shape index (κ3) is 3.98. The predicted molar refractivity (Wildman–Crippen MR) is 73.9 cm³/mol. The Morgan fingerprint density at radius 1 is 1.47 bits per heavy atom. The highest BCUT2D eigenvalue weighted by Gasteiger charge is 2.45. The Morgan fingerprint density at radius 3 is 2.65 bits per heavy atom. The second-order valence-corrected chi connectivity index (χ2v) is 4.79. The number of nitrogens with two attached hydrogens (primary N) is 1. The van der Waals surface area contributed by atoms with Gasteiger partial charge in [-0.1, -0.05) is 6.92 Å². The van der Waals surface area contributed by atoms with Crippen LogP contribution in [-0.4, -0.2) is 42.0 Å². The summed E-state index contributed by atoms with van der Waals surface area (Å²) in [5.41, 5.74) is 5.30. The summed E-state index contributed by atoms with van der Waals surface area (Å²) in [5, 5.41) is 2.99. The molecule has 1 saturated carbocycles. The number of carbonyl (C=O) groups is 1. The fourth-order valence-corrected chi connectivity index (χ4v) is 2.29. The zero-order valence-corrected chi connectivity index (χ0v) is 11.9. The Hall–Kier alpha value is -0.0300. The number of likely N-dealkylation sites (N-methyl/N-ethyl adjacent to an activating group) is 1. The third-order valence-electron chi connectivity index (χ3n) is 3.64. The van der Waals surface area contributed by atoms with Crippen molar-refractivity contribution in [1.29, 1.82) is 0 Å². The minimum Gasteiger partial charge on any atom is -0.353 e. The van der Waals surface area contributed by atoms with Gasteiger partial charge in [0.15, 0.2) is 0 Å². The topological polar surface area (TPSA) is 58.4 Å². The van der Waals surface area contributed by atoms with Gasteiger partial charge >= 0.3 is 0 Å². The van der Waals surface area contributed by atoms with Crippen molar-refractivity contribution in [2.24, 2.45) is 5.73 Å². The fourth-order valence-electron chi connectivity index (χ4n) is 2.29. The highest BCUT2D eigenvalue weighted by molar-refractivity contribution is 5.89. The molecule has 1 unspecified atom stereocenters. The van der Waals surface area contributed by atoms with Crippen LogP contribution in [0.25, 0.3) is 0 Å². The van der Waals surface area contributed by atoms with Crippen LogP contribution in [0.2, 0.25) is 0 Å². The van der Waals surface area contributed by atoms with Gasteiger partial charge in [0.1, 0.15) is 0 Å². The molecule has 0 bridgehead atoms. The summed E-state index contributed by atoms with van der Waals surface area (Å²) in [4.78, 5) is 14.1. The Bertz CT molecular complexity index is 259. The van der Waals surface area contributed by atoms with Crippen LogP contribution >= 0.6 is 24.8 Å². The molecule has 3 N–H and O–H groups in total. The number of halogens is 2. The first-order valence-corrected chi connectivity index (χ1v) is 5.97. The summed E-state index contributed by atoms with van der Waals surface area (Å²) in [6.07, 6.45) is 4.15. The molecular formula is C11H23Cl2N3O. The molecule has 0 radical (unpaired) electrons. The van der Waals surface area contributed by atoms with Gasteiger partial charge in [-0.15, -0.1) is 24.8 Å². The number of hydrogen-bond acceptors (Lipinski definition) is 3. The number of hydrogen-bond donors (Lipinski definition) is 2. The van der Waals surface area contributed by atoms with E-state index in [-0.39, 0.29) is 30.7 Å². The quantitative estimate of drug-likeness (QED) is 0.807. The van der Waals surface area contributed by atoms with E-state index in [1.165, 1.54) is 19.4 Å². The minimum absolute atomic E-state index is 0. The average Bonchev–Trinajstić information content (AvgIpc) is 2.83.